The third-order valence-electron chi connectivity index (χ3n) is 4.80. The van der Waals surface area contributed by atoms with E-state index < -0.39 is 5.60 Å². The van der Waals surface area contributed by atoms with Crippen molar-refractivity contribution in [2.45, 2.75) is 52.6 Å². The van der Waals surface area contributed by atoms with E-state index in [0.29, 0.717) is 37.1 Å². The van der Waals surface area contributed by atoms with Crippen LogP contribution >= 0.6 is 24.0 Å². The number of furan rings is 1. The Morgan fingerprint density at radius 3 is 2.79 bits per heavy atom. The molecule has 1 fully saturated rings. The van der Waals surface area contributed by atoms with E-state index >= 15 is 0 Å². The number of carbonyl (C=O) groups excluding carboxylic acids is 1. The van der Waals surface area contributed by atoms with Gasteiger partial charge < -0.3 is 25.1 Å². The maximum Gasteiger partial charge on any atom is 0.224 e. The van der Waals surface area contributed by atoms with E-state index in [1.54, 1.807) is 13.0 Å². The summed E-state index contributed by atoms with van der Waals surface area (Å²) in [6.45, 7) is 10.8. The van der Waals surface area contributed by atoms with Crippen LogP contribution in [0.4, 0.5) is 0 Å². The number of likely N-dealkylation sites (tertiary alicyclic amines) is 1. The smallest absolute Gasteiger partial charge is 0.224 e. The lowest BCUT2D eigenvalue weighted by Gasteiger charge is -2.31. The Kier molecular flexibility index (Phi) is 10.3. The lowest BCUT2D eigenvalue weighted by Crippen LogP contribution is -2.43. The topological polar surface area (TPSA) is 90.1 Å². The molecule has 1 aliphatic rings. The number of amides is 1. The van der Waals surface area contributed by atoms with Gasteiger partial charge in [-0.1, -0.05) is 6.92 Å². The highest BCUT2D eigenvalue weighted by atomic mass is 127. The number of aliphatic hydroxyl groups is 1. The predicted molar refractivity (Wildman–Crippen MR) is 122 cm³/mol. The number of hydrogen-bond donors (Lipinski definition) is 3. The number of guanidine groups is 1. The SMILES string of the molecule is CCNC(=NCC(C)(O)c1ccc(C)o1)NCCC(=O)N1CCCC(C)C1.I. The molecule has 1 amide bonds. The molecule has 0 bridgehead atoms. The van der Waals surface area contributed by atoms with Crippen LogP contribution in [0, 0.1) is 12.8 Å². The van der Waals surface area contributed by atoms with Gasteiger partial charge >= 0.3 is 0 Å². The average Bonchev–Trinajstić information content (AvgIpc) is 3.07. The molecule has 0 aliphatic carbocycles. The normalized spacial score (nSPS) is 19.5. The van der Waals surface area contributed by atoms with E-state index in [2.05, 4.69) is 22.5 Å². The first-order valence-electron chi connectivity index (χ1n) is 9.91. The molecule has 0 saturated carbocycles. The van der Waals surface area contributed by atoms with E-state index in [-0.39, 0.29) is 36.4 Å². The Bertz CT molecular complexity index is 645. The Morgan fingerprint density at radius 1 is 1.43 bits per heavy atom. The first-order chi connectivity index (χ1) is 12.8. The quantitative estimate of drug-likeness (QED) is 0.301. The summed E-state index contributed by atoms with van der Waals surface area (Å²) in [5.41, 5.74) is -1.18. The monoisotopic (exact) mass is 506 g/mol. The molecule has 0 radical (unpaired) electrons. The minimum atomic E-state index is -1.18. The molecule has 2 heterocycles. The van der Waals surface area contributed by atoms with E-state index in [4.69, 9.17) is 4.42 Å². The maximum atomic E-state index is 12.4. The second-order valence-electron chi connectivity index (χ2n) is 7.64. The summed E-state index contributed by atoms with van der Waals surface area (Å²) in [6, 6.07) is 3.59. The van der Waals surface area contributed by atoms with Crippen molar-refractivity contribution in [3.63, 3.8) is 0 Å². The fraction of sp³-hybridized carbons (Fsp3) is 0.700. The molecule has 2 atom stereocenters. The van der Waals surface area contributed by atoms with Gasteiger partial charge in [0.15, 0.2) is 5.96 Å². The van der Waals surface area contributed by atoms with Crippen molar-refractivity contribution in [2.24, 2.45) is 10.9 Å². The number of rotatable bonds is 7. The van der Waals surface area contributed by atoms with Gasteiger partial charge in [0.2, 0.25) is 5.91 Å². The Labute approximate surface area is 185 Å². The van der Waals surface area contributed by atoms with Crippen LogP contribution in [-0.2, 0) is 10.4 Å². The first-order valence-corrected chi connectivity index (χ1v) is 9.91. The van der Waals surface area contributed by atoms with E-state index in [0.717, 1.165) is 25.3 Å². The zero-order valence-corrected chi connectivity index (χ0v) is 19.8. The van der Waals surface area contributed by atoms with Crippen LogP contribution in [0.15, 0.2) is 21.5 Å². The van der Waals surface area contributed by atoms with Gasteiger partial charge in [-0.2, -0.15) is 0 Å². The number of nitrogens with one attached hydrogen (secondary N) is 2. The van der Waals surface area contributed by atoms with Gasteiger partial charge in [-0.3, -0.25) is 4.79 Å². The van der Waals surface area contributed by atoms with Crippen molar-refractivity contribution in [1.29, 1.82) is 0 Å². The third-order valence-corrected chi connectivity index (χ3v) is 4.80. The molecule has 28 heavy (non-hydrogen) atoms. The highest BCUT2D eigenvalue weighted by molar-refractivity contribution is 14.0. The number of carbonyl (C=O) groups is 1. The number of aliphatic imine (C=N–C) groups is 1. The fourth-order valence-electron chi connectivity index (χ4n) is 3.24. The molecule has 7 nitrogen and oxygen atoms in total. The highest BCUT2D eigenvalue weighted by Crippen LogP contribution is 2.23. The van der Waals surface area contributed by atoms with E-state index in [1.165, 1.54) is 6.42 Å². The van der Waals surface area contributed by atoms with Crippen LogP contribution in [0.1, 0.15) is 51.6 Å². The Balaban J connectivity index is 0.00000392. The van der Waals surface area contributed by atoms with Gasteiger partial charge in [-0.25, -0.2) is 4.99 Å². The lowest BCUT2D eigenvalue weighted by atomic mass is 10.00. The van der Waals surface area contributed by atoms with E-state index in [1.807, 2.05) is 24.8 Å². The molecule has 2 rings (SSSR count). The van der Waals surface area contributed by atoms with Crippen LogP contribution in [0.2, 0.25) is 0 Å². The number of hydrogen-bond acceptors (Lipinski definition) is 4. The highest BCUT2D eigenvalue weighted by Gasteiger charge is 2.27. The second kappa shape index (κ2) is 11.6. The molecule has 1 aromatic rings. The molecule has 1 saturated heterocycles. The van der Waals surface area contributed by atoms with Gasteiger partial charge in [-0.15, -0.1) is 24.0 Å². The van der Waals surface area contributed by atoms with Crippen molar-refractivity contribution >= 4 is 35.8 Å². The van der Waals surface area contributed by atoms with Crippen molar-refractivity contribution in [1.82, 2.24) is 15.5 Å². The van der Waals surface area contributed by atoms with Crippen LogP contribution in [-0.4, -0.2) is 54.6 Å². The standard InChI is InChI=1S/C20H34N4O3.HI/c1-5-21-19(23-14-20(4,26)17-9-8-16(3)27-17)22-11-10-18(25)24-12-6-7-15(2)13-24;/h8-9,15,26H,5-7,10-14H2,1-4H3,(H2,21,22,23);1H. The van der Waals surface area contributed by atoms with Crippen molar-refractivity contribution < 1.29 is 14.3 Å². The fourth-order valence-corrected chi connectivity index (χ4v) is 3.24. The summed E-state index contributed by atoms with van der Waals surface area (Å²) in [5, 5.41) is 16.9. The predicted octanol–water partition coefficient (Wildman–Crippen LogP) is 2.62. The van der Waals surface area contributed by atoms with Gasteiger partial charge in [0.25, 0.3) is 0 Å². The van der Waals surface area contributed by atoms with Crippen LogP contribution in [0.25, 0.3) is 0 Å². The van der Waals surface area contributed by atoms with Crippen molar-refractivity contribution in [3.8, 4) is 0 Å². The zero-order valence-electron chi connectivity index (χ0n) is 17.5. The van der Waals surface area contributed by atoms with Crippen LogP contribution < -0.4 is 10.6 Å². The molecule has 160 valence electrons. The van der Waals surface area contributed by atoms with Crippen molar-refractivity contribution in [2.75, 3.05) is 32.7 Å². The Morgan fingerprint density at radius 2 is 2.18 bits per heavy atom. The average molecular weight is 506 g/mol. The maximum absolute atomic E-state index is 12.4. The van der Waals surface area contributed by atoms with Gasteiger partial charge in [-0.05, 0) is 51.7 Å². The summed E-state index contributed by atoms with van der Waals surface area (Å²) < 4.78 is 5.52. The number of halogens is 1. The van der Waals surface area contributed by atoms with Crippen molar-refractivity contribution in [3.05, 3.63) is 23.7 Å². The van der Waals surface area contributed by atoms with Gasteiger partial charge in [0.05, 0.1) is 6.54 Å². The second-order valence-corrected chi connectivity index (χ2v) is 7.64. The summed E-state index contributed by atoms with van der Waals surface area (Å²) in [7, 11) is 0. The molecular formula is C20H35IN4O3. The first kappa shape index (κ1) is 24.7. The van der Waals surface area contributed by atoms with Crippen LogP contribution in [0.5, 0.6) is 0 Å². The van der Waals surface area contributed by atoms with E-state index in [9.17, 15) is 9.90 Å². The third kappa shape index (κ3) is 7.62. The van der Waals surface area contributed by atoms with Gasteiger partial charge in [0.1, 0.15) is 17.1 Å². The number of aryl methyl sites for hydroxylation is 1. The zero-order chi connectivity index (χ0) is 19.9. The molecule has 3 N–H and O–H groups in total. The number of piperidine rings is 1. The molecule has 0 aromatic carbocycles. The molecule has 1 aromatic heterocycles. The number of nitrogens with zero attached hydrogens (tertiary/aromatic N) is 2. The minimum absolute atomic E-state index is 0. The van der Waals surface area contributed by atoms with Crippen LogP contribution in [0.3, 0.4) is 0 Å². The summed E-state index contributed by atoms with van der Waals surface area (Å²) in [5.74, 6) is 2.60. The largest absolute Gasteiger partial charge is 0.463 e. The summed E-state index contributed by atoms with van der Waals surface area (Å²) >= 11 is 0. The minimum Gasteiger partial charge on any atom is -0.463 e. The summed E-state index contributed by atoms with van der Waals surface area (Å²) in [4.78, 5) is 18.8. The molecule has 2 unspecified atom stereocenters. The molecule has 1 aliphatic heterocycles. The van der Waals surface area contributed by atoms with Gasteiger partial charge in [0, 0.05) is 32.6 Å². The molecule has 8 heteroatoms. The summed E-state index contributed by atoms with van der Waals surface area (Å²) in [6.07, 6.45) is 2.73. The lowest BCUT2D eigenvalue weighted by molar-refractivity contribution is -0.132. The Hall–Kier alpha value is -1.29. The molecular weight excluding hydrogens is 471 g/mol. The molecule has 0 spiro atoms.